The number of rotatable bonds is 7. The lowest BCUT2D eigenvalue weighted by atomic mass is 10.1. The topological polar surface area (TPSA) is 84.5 Å². The minimum atomic E-state index is -3.58. The van der Waals surface area contributed by atoms with Gasteiger partial charge in [0.2, 0.25) is 10.0 Å². The quantitative estimate of drug-likeness (QED) is 0.782. The van der Waals surface area contributed by atoms with Gasteiger partial charge in [-0.2, -0.15) is 0 Å². The first-order valence-electron chi connectivity index (χ1n) is 8.48. The molecule has 2 unspecified atom stereocenters. The van der Waals surface area contributed by atoms with E-state index in [9.17, 15) is 13.2 Å². The second-order valence-electron chi connectivity index (χ2n) is 6.61. The SMILES string of the molecule is CC(NC(=O)c1ccc(S(=O)(=O)NCC2CCCO2)cc1)C1CC1. The van der Waals surface area contributed by atoms with Crippen LogP contribution in [-0.2, 0) is 14.8 Å². The predicted octanol–water partition coefficient (Wildman–Crippen LogP) is 1.67. The minimum Gasteiger partial charge on any atom is -0.377 e. The molecule has 6 nitrogen and oxygen atoms in total. The summed E-state index contributed by atoms with van der Waals surface area (Å²) in [6.07, 6.45) is 4.12. The van der Waals surface area contributed by atoms with Crippen molar-refractivity contribution in [2.24, 2.45) is 5.92 Å². The van der Waals surface area contributed by atoms with Gasteiger partial charge in [0.15, 0.2) is 0 Å². The molecule has 7 heteroatoms. The van der Waals surface area contributed by atoms with Gasteiger partial charge in [-0.15, -0.1) is 0 Å². The van der Waals surface area contributed by atoms with Gasteiger partial charge in [-0.05, 0) is 62.8 Å². The van der Waals surface area contributed by atoms with E-state index in [1.165, 1.54) is 12.1 Å². The number of carbonyl (C=O) groups excluding carboxylic acids is 1. The standard InChI is InChI=1S/C17H24N2O4S/c1-12(13-4-5-13)19-17(20)14-6-8-16(9-7-14)24(21,22)18-11-15-3-2-10-23-15/h6-9,12-13,15,18H,2-5,10-11H2,1H3,(H,19,20). The number of hydrogen-bond donors (Lipinski definition) is 2. The van der Waals surface area contributed by atoms with Crippen molar-refractivity contribution in [1.29, 1.82) is 0 Å². The van der Waals surface area contributed by atoms with Gasteiger partial charge in [0.25, 0.3) is 5.91 Å². The van der Waals surface area contributed by atoms with Crippen molar-refractivity contribution in [2.45, 2.75) is 49.6 Å². The molecule has 1 aromatic carbocycles. The lowest BCUT2D eigenvalue weighted by molar-refractivity contribution is 0.0935. The molecule has 1 aromatic rings. The summed E-state index contributed by atoms with van der Waals surface area (Å²) in [6.45, 7) is 2.97. The Morgan fingerprint density at radius 2 is 1.96 bits per heavy atom. The average molecular weight is 352 g/mol. The molecule has 1 amide bonds. The molecule has 2 aliphatic rings. The number of nitrogens with one attached hydrogen (secondary N) is 2. The fraction of sp³-hybridized carbons (Fsp3) is 0.588. The molecule has 1 aliphatic carbocycles. The fourth-order valence-electron chi connectivity index (χ4n) is 2.88. The molecule has 2 atom stereocenters. The summed E-state index contributed by atoms with van der Waals surface area (Å²) < 4.78 is 32.5. The first-order valence-corrected chi connectivity index (χ1v) is 9.96. The molecular weight excluding hydrogens is 328 g/mol. The monoisotopic (exact) mass is 352 g/mol. The molecule has 2 N–H and O–H groups in total. The summed E-state index contributed by atoms with van der Waals surface area (Å²) in [5, 5.41) is 2.96. The third kappa shape index (κ3) is 4.34. The second kappa shape index (κ2) is 7.21. The zero-order valence-electron chi connectivity index (χ0n) is 13.8. The predicted molar refractivity (Wildman–Crippen MR) is 90.3 cm³/mol. The molecule has 132 valence electrons. The van der Waals surface area contributed by atoms with Crippen LogP contribution < -0.4 is 10.0 Å². The van der Waals surface area contributed by atoms with E-state index < -0.39 is 10.0 Å². The Hall–Kier alpha value is -1.44. The van der Waals surface area contributed by atoms with Gasteiger partial charge in [0, 0.05) is 24.8 Å². The lowest BCUT2D eigenvalue weighted by Gasteiger charge is -2.13. The maximum atomic E-state index is 12.3. The highest BCUT2D eigenvalue weighted by molar-refractivity contribution is 7.89. The first kappa shape index (κ1) is 17.4. The molecule has 3 rings (SSSR count). The highest BCUT2D eigenvalue weighted by atomic mass is 32.2. The summed E-state index contributed by atoms with van der Waals surface area (Å²) in [5.41, 5.74) is 0.473. The lowest BCUT2D eigenvalue weighted by Crippen LogP contribution is -2.34. The van der Waals surface area contributed by atoms with Crippen molar-refractivity contribution in [3.8, 4) is 0 Å². The zero-order chi connectivity index (χ0) is 17.2. The number of benzene rings is 1. The van der Waals surface area contributed by atoms with E-state index in [0.29, 0.717) is 18.1 Å². The van der Waals surface area contributed by atoms with Gasteiger partial charge < -0.3 is 10.1 Å². The van der Waals surface area contributed by atoms with Gasteiger partial charge in [0.05, 0.1) is 11.0 Å². The number of hydrogen-bond acceptors (Lipinski definition) is 4. The van der Waals surface area contributed by atoms with Crippen molar-refractivity contribution in [1.82, 2.24) is 10.0 Å². The molecule has 1 aliphatic heterocycles. The third-order valence-electron chi connectivity index (χ3n) is 4.64. The van der Waals surface area contributed by atoms with Crippen molar-refractivity contribution in [3.05, 3.63) is 29.8 Å². The largest absolute Gasteiger partial charge is 0.377 e. The molecule has 0 spiro atoms. The van der Waals surface area contributed by atoms with Gasteiger partial charge >= 0.3 is 0 Å². The van der Waals surface area contributed by atoms with E-state index in [1.54, 1.807) is 12.1 Å². The van der Waals surface area contributed by atoms with Crippen LogP contribution in [-0.4, -0.2) is 39.6 Å². The van der Waals surface area contributed by atoms with E-state index in [1.807, 2.05) is 6.92 Å². The maximum absolute atomic E-state index is 12.3. The Morgan fingerprint density at radius 1 is 1.25 bits per heavy atom. The molecule has 1 saturated heterocycles. The van der Waals surface area contributed by atoms with Crippen LogP contribution in [0.25, 0.3) is 0 Å². The maximum Gasteiger partial charge on any atom is 0.251 e. The Balaban J connectivity index is 1.58. The van der Waals surface area contributed by atoms with Crippen molar-refractivity contribution >= 4 is 15.9 Å². The first-order chi connectivity index (χ1) is 11.5. The number of amides is 1. The Labute approximate surface area is 143 Å². The molecule has 0 radical (unpaired) electrons. The van der Waals surface area contributed by atoms with E-state index >= 15 is 0 Å². The van der Waals surface area contributed by atoms with Crippen LogP contribution in [0, 0.1) is 5.92 Å². The number of carbonyl (C=O) groups is 1. The fourth-order valence-corrected chi connectivity index (χ4v) is 3.95. The van der Waals surface area contributed by atoms with Gasteiger partial charge in [-0.3, -0.25) is 4.79 Å². The average Bonchev–Trinajstić information content (AvgIpc) is 3.30. The normalized spacial score (nSPS) is 22.3. The van der Waals surface area contributed by atoms with Crippen LogP contribution in [0.4, 0.5) is 0 Å². The Morgan fingerprint density at radius 3 is 2.54 bits per heavy atom. The minimum absolute atomic E-state index is 0.0475. The zero-order valence-corrected chi connectivity index (χ0v) is 14.6. The highest BCUT2D eigenvalue weighted by Crippen LogP contribution is 2.32. The highest BCUT2D eigenvalue weighted by Gasteiger charge is 2.29. The summed E-state index contributed by atoms with van der Waals surface area (Å²) >= 11 is 0. The van der Waals surface area contributed by atoms with Crippen LogP contribution >= 0.6 is 0 Å². The smallest absolute Gasteiger partial charge is 0.251 e. The molecule has 1 saturated carbocycles. The van der Waals surface area contributed by atoms with E-state index in [-0.39, 0.29) is 29.5 Å². The second-order valence-corrected chi connectivity index (χ2v) is 8.38. The van der Waals surface area contributed by atoms with Crippen LogP contribution in [0.3, 0.4) is 0 Å². The van der Waals surface area contributed by atoms with Crippen LogP contribution in [0.2, 0.25) is 0 Å². The van der Waals surface area contributed by atoms with Gasteiger partial charge in [-0.1, -0.05) is 0 Å². The molecule has 2 fully saturated rings. The van der Waals surface area contributed by atoms with E-state index in [0.717, 1.165) is 25.7 Å². The number of ether oxygens (including phenoxy) is 1. The Bertz CT molecular complexity index is 677. The molecular formula is C17H24N2O4S. The summed E-state index contributed by atoms with van der Waals surface area (Å²) in [7, 11) is -3.58. The van der Waals surface area contributed by atoms with Crippen LogP contribution in [0.1, 0.15) is 43.0 Å². The summed E-state index contributed by atoms with van der Waals surface area (Å²) in [6, 6.07) is 6.20. The molecule has 24 heavy (non-hydrogen) atoms. The molecule has 1 heterocycles. The van der Waals surface area contributed by atoms with Crippen molar-refractivity contribution in [2.75, 3.05) is 13.2 Å². The van der Waals surface area contributed by atoms with Crippen molar-refractivity contribution in [3.63, 3.8) is 0 Å². The number of sulfonamides is 1. The summed E-state index contributed by atoms with van der Waals surface area (Å²) in [5.74, 6) is 0.418. The van der Waals surface area contributed by atoms with Crippen LogP contribution in [0.15, 0.2) is 29.2 Å². The van der Waals surface area contributed by atoms with E-state index in [2.05, 4.69) is 10.0 Å². The molecule has 0 bridgehead atoms. The van der Waals surface area contributed by atoms with E-state index in [4.69, 9.17) is 4.74 Å². The summed E-state index contributed by atoms with van der Waals surface area (Å²) in [4.78, 5) is 12.3. The Kier molecular flexibility index (Phi) is 5.22. The van der Waals surface area contributed by atoms with Crippen LogP contribution in [0.5, 0.6) is 0 Å². The van der Waals surface area contributed by atoms with Crippen molar-refractivity contribution < 1.29 is 17.9 Å². The third-order valence-corrected chi connectivity index (χ3v) is 6.08. The van der Waals surface area contributed by atoms with Gasteiger partial charge in [0.1, 0.15) is 0 Å². The van der Waals surface area contributed by atoms with Gasteiger partial charge in [-0.25, -0.2) is 13.1 Å². The molecule has 0 aromatic heterocycles.